The van der Waals surface area contributed by atoms with Gasteiger partial charge < -0.3 is 20.6 Å². The number of aliphatic hydroxyl groups is 1. The van der Waals surface area contributed by atoms with Gasteiger partial charge >= 0.3 is 0 Å². The first-order valence-electron chi connectivity index (χ1n) is 6.77. The second-order valence-electron chi connectivity index (χ2n) is 5.66. The molecule has 2 unspecified atom stereocenters. The lowest BCUT2D eigenvalue weighted by atomic mass is 10.1. The molecule has 3 N–H and O–H groups in total. The predicted octanol–water partition coefficient (Wildman–Crippen LogP) is 1.38. The second-order valence-corrected chi connectivity index (χ2v) is 6.54. The zero-order chi connectivity index (χ0) is 14.3. The van der Waals surface area contributed by atoms with Crippen molar-refractivity contribution < 1.29 is 5.11 Å². The number of aromatic nitrogens is 1. The summed E-state index contributed by atoms with van der Waals surface area (Å²) >= 11 is 1.60. The van der Waals surface area contributed by atoms with E-state index in [0.29, 0.717) is 12.6 Å². The van der Waals surface area contributed by atoms with Crippen molar-refractivity contribution in [3.63, 3.8) is 0 Å². The summed E-state index contributed by atoms with van der Waals surface area (Å²) in [6, 6.07) is 4.41. The number of fused-ring (bicyclic) bond motifs is 1. The van der Waals surface area contributed by atoms with Gasteiger partial charge in [0.25, 0.3) is 0 Å². The fourth-order valence-corrected chi connectivity index (χ4v) is 3.67. The number of hydrogen-bond acceptors (Lipinski definition) is 6. The molecule has 3 rings (SSSR count). The van der Waals surface area contributed by atoms with Crippen LogP contribution in [0.3, 0.4) is 0 Å². The van der Waals surface area contributed by atoms with Crippen LogP contribution in [0.25, 0.3) is 10.2 Å². The van der Waals surface area contributed by atoms with Gasteiger partial charge in [-0.25, -0.2) is 4.98 Å². The number of nitrogens with two attached hydrogens (primary N) is 1. The van der Waals surface area contributed by atoms with Crippen molar-refractivity contribution in [1.82, 2.24) is 9.88 Å². The highest BCUT2D eigenvalue weighted by Crippen LogP contribution is 2.36. The minimum atomic E-state index is -0.287. The van der Waals surface area contributed by atoms with E-state index in [4.69, 9.17) is 5.73 Å². The molecule has 2 aromatic rings. The molecule has 1 fully saturated rings. The van der Waals surface area contributed by atoms with Crippen LogP contribution in [0.15, 0.2) is 17.6 Å². The van der Waals surface area contributed by atoms with Crippen molar-refractivity contribution in [1.29, 1.82) is 0 Å². The van der Waals surface area contributed by atoms with E-state index in [0.717, 1.165) is 34.6 Å². The number of likely N-dealkylation sites (N-methyl/N-ethyl adjacent to an activating group) is 1. The van der Waals surface area contributed by atoms with Gasteiger partial charge in [0.2, 0.25) is 0 Å². The Labute approximate surface area is 122 Å². The van der Waals surface area contributed by atoms with E-state index >= 15 is 0 Å². The smallest absolute Gasteiger partial charge is 0.106 e. The van der Waals surface area contributed by atoms with E-state index in [1.54, 1.807) is 11.3 Å². The van der Waals surface area contributed by atoms with Gasteiger partial charge in [0, 0.05) is 19.1 Å². The fraction of sp³-hybridized carbons (Fsp3) is 0.500. The third kappa shape index (κ3) is 2.34. The minimum absolute atomic E-state index is 0.287. The first-order valence-corrected chi connectivity index (χ1v) is 7.65. The quantitative estimate of drug-likeness (QED) is 0.837. The van der Waals surface area contributed by atoms with Crippen LogP contribution in [0.1, 0.15) is 6.42 Å². The third-order valence-electron chi connectivity index (χ3n) is 3.80. The largest absolute Gasteiger partial charge is 0.395 e. The molecule has 1 aliphatic heterocycles. The van der Waals surface area contributed by atoms with Crippen molar-refractivity contribution in [3.05, 3.63) is 17.6 Å². The van der Waals surface area contributed by atoms with Gasteiger partial charge in [-0.1, -0.05) is 0 Å². The van der Waals surface area contributed by atoms with E-state index < -0.39 is 0 Å². The zero-order valence-corrected chi connectivity index (χ0v) is 12.6. The first-order chi connectivity index (χ1) is 9.56. The van der Waals surface area contributed by atoms with E-state index in [1.807, 2.05) is 5.51 Å². The molecule has 1 aliphatic rings. The Bertz CT molecular complexity index is 612. The van der Waals surface area contributed by atoms with Crippen LogP contribution in [0.2, 0.25) is 0 Å². The molecule has 20 heavy (non-hydrogen) atoms. The molecule has 0 spiro atoms. The van der Waals surface area contributed by atoms with E-state index in [1.165, 1.54) is 0 Å². The molecule has 1 aromatic carbocycles. The molecule has 108 valence electrons. The van der Waals surface area contributed by atoms with Gasteiger partial charge in [-0.3, -0.25) is 0 Å². The summed E-state index contributed by atoms with van der Waals surface area (Å²) in [5.41, 5.74) is 10.7. The van der Waals surface area contributed by atoms with Crippen LogP contribution < -0.4 is 10.6 Å². The molecule has 0 radical (unpaired) electrons. The van der Waals surface area contributed by atoms with Crippen LogP contribution in [0.4, 0.5) is 11.4 Å². The average molecular weight is 292 g/mol. The van der Waals surface area contributed by atoms with Crippen molar-refractivity contribution in [3.8, 4) is 0 Å². The summed E-state index contributed by atoms with van der Waals surface area (Å²) in [5.74, 6) is 0. The molecule has 0 aliphatic carbocycles. The molecule has 0 bridgehead atoms. The second kappa shape index (κ2) is 5.20. The Hall–Kier alpha value is -1.37. The van der Waals surface area contributed by atoms with Crippen molar-refractivity contribution in [2.75, 3.05) is 37.8 Å². The number of aliphatic hydroxyl groups excluding tert-OH is 1. The lowest BCUT2D eigenvalue weighted by Crippen LogP contribution is -2.38. The first kappa shape index (κ1) is 13.6. The van der Waals surface area contributed by atoms with E-state index in [-0.39, 0.29) is 6.10 Å². The summed E-state index contributed by atoms with van der Waals surface area (Å²) in [4.78, 5) is 8.72. The van der Waals surface area contributed by atoms with Crippen LogP contribution in [0.5, 0.6) is 0 Å². The summed E-state index contributed by atoms with van der Waals surface area (Å²) in [7, 11) is 4.10. The number of nitrogens with zero attached hydrogens (tertiary/aromatic N) is 3. The molecule has 5 nitrogen and oxygen atoms in total. The summed E-state index contributed by atoms with van der Waals surface area (Å²) in [6.45, 7) is 1.55. The topological polar surface area (TPSA) is 65.6 Å². The molecule has 6 heteroatoms. The number of nitrogen functional groups attached to an aromatic ring is 1. The number of hydrogen-bond donors (Lipinski definition) is 2. The number of anilines is 2. The van der Waals surface area contributed by atoms with E-state index in [2.05, 4.69) is 41.0 Å². The van der Waals surface area contributed by atoms with Crippen molar-refractivity contribution in [2.24, 2.45) is 0 Å². The van der Waals surface area contributed by atoms with Gasteiger partial charge in [0.05, 0.1) is 27.7 Å². The van der Waals surface area contributed by atoms with Crippen LogP contribution in [-0.2, 0) is 0 Å². The maximum Gasteiger partial charge on any atom is 0.106 e. The molecule has 1 aromatic heterocycles. The fourth-order valence-electron chi connectivity index (χ4n) is 2.97. The molecule has 0 amide bonds. The van der Waals surface area contributed by atoms with Crippen LogP contribution in [-0.4, -0.2) is 54.3 Å². The normalized spacial score (nSPS) is 23.1. The zero-order valence-electron chi connectivity index (χ0n) is 11.8. The molecular weight excluding hydrogens is 272 g/mol. The number of benzene rings is 1. The highest BCUT2D eigenvalue weighted by Gasteiger charge is 2.32. The molecule has 0 saturated carbocycles. The van der Waals surface area contributed by atoms with Gasteiger partial charge in [-0.2, -0.15) is 0 Å². The van der Waals surface area contributed by atoms with Crippen LogP contribution >= 0.6 is 11.3 Å². The number of thiazole rings is 1. The Balaban J connectivity index is 1.97. The molecule has 2 heterocycles. The van der Waals surface area contributed by atoms with Gasteiger partial charge in [0.1, 0.15) is 5.52 Å². The third-order valence-corrected chi connectivity index (χ3v) is 4.59. The molecular formula is C14H20N4OS. The highest BCUT2D eigenvalue weighted by atomic mass is 32.1. The Kier molecular flexibility index (Phi) is 3.54. The summed E-state index contributed by atoms with van der Waals surface area (Å²) in [5, 5.41) is 9.99. The van der Waals surface area contributed by atoms with Crippen molar-refractivity contribution in [2.45, 2.75) is 18.6 Å². The van der Waals surface area contributed by atoms with Crippen LogP contribution in [0, 0.1) is 0 Å². The monoisotopic (exact) mass is 292 g/mol. The van der Waals surface area contributed by atoms with Gasteiger partial charge in [-0.05, 0) is 32.6 Å². The van der Waals surface area contributed by atoms with Gasteiger partial charge in [0.15, 0.2) is 0 Å². The van der Waals surface area contributed by atoms with Crippen molar-refractivity contribution >= 4 is 32.9 Å². The Morgan fingerprint density at radius 1 is 1.50 bits per heavy atom. The Morgan fingerprint density at radius 2 is 2.30 bits per heavy atom. The maximum atomic E-state index is 9.99. The average Bonchev–Trinajstić information content (AvgIpc) is 2.96. The predicted molar refractivity (Wildman–Crippen MR) is 84.3 cm³/mol. The highest BCUT2D eigenvalue weighted by molar-refractivity contribution is 7.16. The Morgan fingerprint density at radius 3 is 3.05 bits per heavy atom. The van der Waals surface area contributed by atoms with E-state index in [9.17, 15) is 5.11 Å². The van der Waals surface area contributed by atoms with Gasteiger partial charge in [-0.15, -0.1) is 11.3 Å². The lowest BCUT2D eigenvalue weighted by Gasteiger charge is -2.29. The lowest BCUT2D eigenvalue weighted by molar-refractivity contribution is 0.191. The summed E-state index contributed by atoms with van der Waals surface area (Å²) in [6.07, 6.45) is 0.498. The number of rotatable bonds is 3. The maximum absolute atomic E-state index is 9.99. The standard InChI is InChI=1S/C14H20N4OS/c1-17(2)6-9-5-10(19)7-18(9)11-3-4-12-14(13(11)15)16-8-20-12/h3-4,8-10,19H,5-7,15H2,1-2H3. The number of β-amino-alcohol motifs (C(OH)–C–C–N with tert-alkyl or cyclic N) is 1. The summed E-state index contributed by atoms with van der Waals surface area (Å²) < 4.78 is 1.11. The molecule has 1 saturated heterocycles. The molecule has 2 atom stereocenters. The SMILES string of the molecule is CN(C)CC1CC(O)CN1c1ccc2scnc2c1N. The minimum Gasteiger partial charge on any atom is -0.395 e.